The molecule has 0 amide bonds. The van der Waals surface area contributed by atoms with Crippen molar-refractivity contribution in [1.82, 2.24) is 0 Å². The predicted molar refractivity (Wildman–Crippen MR) is 120 cm³/mol. The minimum Gasteiger partial charge on any atom is -0.478 e. The molecule has 146 valence electrons. The van der Waals surface area contributed by atoms with Gasteiger partial charge in [-0.15, -0.1) is 0 Å². The van der Waals surface area contributed by atoms with Crippen molar-refractivity contribution in [3.8, 4) is 12.1 Å². The molecule has 0 saturated heterocycles. The topological polar surface area (TPSA) is 84.9 Å². The Morgan fingerprint density at radius 2 is 1.21 bits per heavy atom. The van der Waals surface area contributed by atoms with Gasteiger partial charge in [-0.2, -0.15) is 10.5 Å². The van der Waals surface area contributed by atoms with Crippen LogP contribution in [0.5, 0.6) is 0 Å². The van der Waals surface area contributed by atoms with Crippen molar-refractivity contribution in [3.05, 3.63) is 122 Å². The molecular formula is C25H24N2O2. The lowest BCUT2D eigenvalue weighted by Crippen LogP contribution is -1.84. The Balaban J connectivity index is 0. The lowest BCUT2D eigenvalue weighted by Gasteiger charge is -1.85. The molecule has 0 radical (unpaired) electrons. The summed E-state index contributed by atoms with van der Waals surface area (Å²) in [5, 5.41) is 23.4. The Hall–Kier alpha value is -4.41. The molecule has 0 spiro atoms. The summed E-state index contributed by atoms with van der Waals surface area (Å²) in [4.78, 5) is 9.76. The number of hydrogen-bond acceptors (Lipinski definition) is 3. The van der Waals surface area contributed by atoms with E-state index in [2.05, 4.69) is 19.7 Å². The predicted octanol–water partition coefficient (Wildman–Crippen LogP) is 6.06. The van der Waals surface area contributed by atoms with Crippen LogP contribution in [0.3, 0.4) is 0 Å². The molecule has 2 aromatic rings. The maximum Gasteiger partial charge on any atom is 0.328 e. The fourth-order valence-electron chi connectivity index (χ4n) is 1.41. The molecule has 0 heterocycles. The minimum absolute atomic E-state index is 0.952. The molecule has 2 aromatic carbocycles. The zero-order chi connectivity index (χ0) is 22.2. The van der Waals surface area contributed by atoms with E-state index in [4.69, 9.17) is 15.6 Å². The first-order valence-electron chi connectivity index (χ1n) is 8.36. The van der Waals surface area contributed by atoms with Crippen LogP contribution in [-0.4, -0.2) is 11.1 Å². The van der Waals surface area contributed by atoms with Crippen LogP contribution in [0.2, 0.25) is 0 Å². The Morgan fingerprint density at radius 3 is 1.45 bits per heavy atom. The third-order valence-electron chi connectivity index (χ3n) is 2.68. The molecule has 29 heavy (non-hydrogen) atoms. The van der Waals surface area contributed by atoms with Crippen LogP contribution in [0.25, 0.3) is 12.2 Å². The first-order chi connectivity index (χ1) is 14.0. The summed E-state index contributed by atoms with van der Waals surface area (Å²) >= 11 is 0. The van der Waals surface area contributed by atoms with E-state index in [1.54, 1.807) is 12.1 Å². The van der Waals surface area contributed by atoms with E-state index < -0.39 is 5.97 Å². The summed E-state index contributed by atoms with van der Waals surface area (Å²) in [5.41, 5.74) is 2.35. The summed E-state index contributed by atoms with van der Waals surface area (Å²) in [6.45, 7) is 10.4. The molecular weight excluding hydrogens is 360 g/mol. The molecule has 1 N–H and O–H groups in total. The summed E-state index contributed by atoms with van der Waals surface area (Å²) in [7, 11) is 0. The van der Waals surface area contributed by atoms with Gasteiger partial charge >= 0.3 is 5.97 Å². The number of carboxylic acid groups (broad SMARTS) is 1. The third-order valence-corrected chi connectivity index (χ3v) is 2.68. The highest BCUT2D eigenvalue weighted by Crippen LogP contribution is 1.98. The van der Waals surface area contributed by atoms with Gasteiger partial charge in [-0.05, 0) is 11.1 Å². The van der Waals surface area contributed by atoms with Gasteiger partial charge in [-0.25, -0.2) is 4.79 Å². The standard InChI is InChI=1S/2C8H8.C6H5NO2.C3H3N/c2*1-2-8-6-4-3-5-7-8;7-5-3-1-2-4-6(8)9;1-2-3-4/h2*2-7H,1H2;1-4H,(H,8,9);2H,1H2. The Labute approximate surface area is 173 Å². The molecule has 4 heteroatoms. The van der Waals surface area contributed by atoms with Gasteiger partial charge < -0.3 is 5.11 Å². The number of aliphatic carboxylic acids is 1. The van der Waals surface area contributed by atoms with Gasteiger partial charge in [0.15, 0.2) is 0 Å². The monoisotopic (exact) mass is 384 g/mol. The van der Waals surface area contributed by atoms with Gasteiger partial charge in [-0.3, -0.25) is 0 Å². The number of benzene rings is 2. The Kier molecular flexibility index (Phi) is 20.0. The number of carboxylic acids is 1. The first-order valence-corrected chi connectivity index (χ1v) is 8.36. The van der Waals surface area contributed by atoms with Gasteiger partial charge in [0.2, 0.25) is 0 Å². The van der Waals surface area contributed by atoms with Crippen LogP contribution in [0.1, 0.15) is 11.1 Å². The maximum atomic E-state index is 9.76. The van der Waals surface area contributed by atoms with E-state index in [1.807, 2.05) is 72.8 Å². The van der Waals surface area contributed by atoms with Gasteiger partial charge in [0, 0.05) is 18.2 Å². The van der Waals surface area contributed by atoms with E-state index in [9.17, 15) is 4.79 Å². The first kappa shape index (κ1) is 26.8. The van der Waals surface area contributed by atoms with Crippen LogP contribution in [0.15, 0.2) is 111 Å². The highest BCUT2D eigenvalue weighted by Gasteiger charge is 1.79. The normalized spacial score (nSPS) is 8.34. The number of hydrogen-bond donors (Lipinski definition) is 1. The van der Waals surface area contributed by atoms with Crippen LogP contribution in [0, 0.1) is 22.7 Å². The van der Waals surface area contributed by atoms with E-state index in [0.717, 1.165) is 6.08 Å². The number of nitriles is 2. The van der Waals surface area contributed by atoms with Crippen LogP contribution >= 0.6 is 0 Å². The SMILES string of the molecule is C=CC#N.C=Cc1ccccc1.C=Cc1ccccc1.N#CC=CC=CC(=O)O. The van der Waals surface area contributed by atoms with Crippen molar-refractivity contribution >= 4 is 18.1 Å². The zero-order valence-corrected chi connectivity index (χ0v) is 16.2. The third kappa shape index (κ3) is 21.5. The molecule has 0 unspecified atom stereocenters. The molecule has 0 aromatic heterocycles. The van der Waals surface area contributed by atoms with E-state index >= 15 is 0 Å². The summed E-state index contributed by atoms with van der Waals surface area (Å²) in [5.74, 6) is -1.02. The lowest BCUT2D eigenvalue weighted by molar-refractivity contribution is -0.131. The fourth-order valence-corrected chi connectivity index (χ4v) is 1.41. The van der Waals surface area contributed by atoms with Crippen LogP contribution in [0.4, 0.5) is 0 Å². The van der Waals surface area contributed by atoms with Crippen molar-refractivity contribution in [1.29, 1.82) is 10.5 Å². The van der Waals surface area contributed by atoms with E-state index in [1.165, 1.54) is 35.4 Å². The van der Waals surface area contributed by atoms with Crippen molar-refractivity contribution in [3.63, 3.8) is 0 Å². The van der Waals surface area contributed by atoms with Crippen molar-refractivity contribution in [2.24, 2.45) is 0 Å². The molecule has 0 saturated carbocycles. The molecule has 2 rings (SSSR count). The molecule has 0 aliphatic carbocycles. The highest BCUT2D eigenvalue weighted by atomic mass is 16.4. The summed E-state index contributed by atoms with van der Waals surface area (Å²) < 4.78 is 0. The molecule has 4 nitrogen and oxygen atoms in total. The van der Waals surface area contributed by atoms with Crippen molar-refractivity contribution in [2.45, 2.75) is 0 Å². The molecule has 0 aliphatic rings. The van der Waals surface area contributed by atoms with Gasteiger partial charge in [-0.1, -0.05) is 105 Å². The van der Waals surface area contributed by atoms with Crippen molar-refractivity contribution < 1.29 is 9.90 Å². The largest absolute Gasteiger partial charge is 0.478 e. The number of nitrogens with zero attached hydrogens (tertiary/aromatic N) is 2. The number of rotatable bonds is 4. The van der Waals surface area contributed by atoms with E-state index in [-0.39, 0.29) is 0 Å². The smallest absolute Gasteiger partial charge is 0.328 e. The van der Waals surface area contributed by atoms with Crippen LogP contribution in [-0.2, 0) is 4.79 Å². The molecule has 0 atom stereocenters. The lowest BCUT2D eigenvalue weighted by atomic mass is 10.2. The molecule has 0 fully saturated rings. The van der Waals surface area contributed by atoms with E-state index in [0.29, 0.717) is 0 Å². The number of allylic oxidation sites excluding steroid dienone is 4. The molecule has 0 bridgehead atoms. The van der Waals surface area contributed by atoms with Gasteiger partial charge in [0.05, 0.1) is 12.1 Å². The van der Waals surface area contributed by atoms with Gasteiger partial charge in [0.1, 0.15) is 0 Å². The minimum atomic E-state index is -1.02. The summed E-state index contributed by atoms with van der Waals surface area (Å²) in [6, 6.07) is 23.5. The number of carbonyl (C=O) groups is 1. The maximum absolute atomic E-state index is 9.76. The second-order valence-electron chi connectivity index (χ2n) is 4.75. The highest BCUT2D eigenvalue weighted by molar-refractivity contribution is 5.80. The quantitative estimate of drug-likeness (QED) is 0.394. The average molecular weight is 384 g/mol. The molecule has 0 aliphatic heterocycles. The second-order valence-corrected chi connectivity index (χ2v) is 4.75. The second kappa shape index (κ2) is 21.6. The fraction of sp³-hybridized carbons (Fsp3) is 0. The Bertz CT molecular complexity index is 810. The Morgan fingerprint density at radius 1 is 0.793 bits per heavy atom. The summed E-state index contributed by atoms with van der Waals surface area (Å²) in [6.07, 6.45) is 9.63. The zero-order valence-electron chi connectivity index (χ0n) is 16.2. The average Bonchev–Trinajstić information content (AvgIpc) is 2.78. The van der Waals surface area contributed by atoms with Crippen molar-refractivity contribution in [2.75, 3.05) is 0 Å². The van der Waals surface area contributed by atoms with Crippen LogP contribution < -0.4 is 0 Å². The van der Waals surface area contributed by atoms with Gasteiger partial charge in [0.25, 0.3) is 0 Å².